The smallest absolute Gasteiger partial charge is 0.289 e. The van der Waals surface area contributed by atoms with Crippen LogP contribution in [0.1, 0.15) is 11.1 Å². The van der Waals surface area contributed by atoms with Crippen LogP contribution >= 0.6 is 11.6 Å². The van der Waals surface area contributed by atoms with Gasteiger partial charge in [-0.1, -0.05) is 54.1 Å². The van der Waals surface area contributed by atoms with Crippen molar-refractivity contribution in [2.24, 2.45) is 0 Å². The zero-order valence-corrected chi connectivity index (χ0v) is 14.8. The molecule has 0 bridgehead atoms. The van der Waals surface area contributed by atoms with E-state index >= 15 is 0 Å². The minimum Gasteiger partial charge on any atom is -0.497 e. The number of rotatable bonds is 7. The highest BCUT2D eigenvalue weighted by atomic mass is 35.5. The second kappa shape index (κ2) is 8.51. The topological polar surface area (TPSA) is 62.6 Å². The van der Waals surface area contributed by atoms with Crippen molar-refractivity contribution in [3.63, 3.8) is 0 Å². The Hall–Kier alpha value is -2.83. The molecule has 0 aliphatic heterocycles. The zero-order valence-electron chi connectivity index (χ0n) is 14.1. The molecule has 0 aliphatic rings. The summed E-state index contributed by atoms with van der Waals surface area (Å²) in [6.45, 7) is 0.514. The number of hydrogen-bond donors (Lipinski definition) is 0. The van der Waals surface area contributed by atoms with Crippen LogP contribution in [0.15, 0.2) is 65.6 Å². The van der Waals surface area contributed by atoms with Crippen molar-refractivity contribution in [1.82, 2.24) is 9.78 Å². The Morgan fingerprint density at radius 1 is 1.04 bits per heavy atom. The van der Waals surface area contributed by atoms with E-state index in [1.807, 2.05) is 54.6 Å². The highest BCUT2D eigenvalue weighted by Crippen LogP contribution is 2.19. The summed E-state index contributed by atoms with van der Waals surface area (Å²) in [5, 5.41) is 4.00. The van der Waals surface area contributed by atoms with Crippen LogP contribution in [0.5, 0.6) is 11.5 Å². The van der Waals surface area contributed by atoms with Crippen LogP contribution in [0.25, 0.3) is 0 Å². The maximum atomic E-state index is 12.4. The summed E-state index contributed by atoms with van der Waals surface area (Å²) in [5.41, 5.74) is 1.37. The molecule has 26 heavy (non-hydrogen) atoms. The molecule has 3 aromatic rings. The number of aromatic nitrogens is 2. The van der Waals surface area contributed by atoms with E-state index in [9.17, 15) is 4.79 Å². The van der Waals surface area contributed by atoms with Gasteiger partial charge in [0.25, 0.3) is 5.56 Å². The van der Waals surface area contributed by atoms with E-state index in [0.717, 1.165) is 16.9 Å². The van der Waals surface area contributed by atoms with E-state index in [-0.39, 0.29) is 23.9 Å². The van der Waals surface area contributed by atoms with Crippen LogP contribution in [0.4, 0.5) is 0 Å². The van der Waals surface area contributed by atoms with Crippen LogP contribution in [0.3, 0.4) is 0 Å². The maximum Gasteiger partial charge on any atom is 0.289 e. The molecule has 3 rings (SSSR count). The molecule has 7 heteroatoms. The van der Waals surface area contributed by atoms with Gasteiger partial charge in [-0.15, -0.1) is 0 Å². The monoisotopic (exact) mass is 372 g/mol. The minimum absolute atomic E-state index is 0.0819. The standard InChI is InChI=1S/C19H17ClN2O4/c1-24-16-9-7-14(8-10-16)12-22-19(23)18(20)17(11-21-22)26-25-13-15-5-3-2-4-6-15/h2-11H,12-13H2,1H3. The molecule has 0 fully saturated rings. The Labute approximate surface area is 155 Å². The lowest BCUT2D eigenvalue weighted by atomic mass is 10.2. The molecule has 1 aromatic heterocycles. The molecule has 0 spiro atoms. The molecule has 0 saturated heterocycles. The average molecular weight is 373 g/mol. The van der Waals surface area contributed by atoms with Crippen molar-refractivity contribution in [2.75, 3.05) is 7.11 Å². The molecule has 0 unspecified atom stereocenters. The summed E-state index contributed by atoms with van der Waals surface area (Å²) in [6, 6.07) is 16.8. The molecule has 134 valence electrons. The summed E-state index contributed by atoms with van der Waals surface area (Å²) in [6.07, 6.45) is 1.36. The summed E-state index contributed by atoms with van der Waals surface area (Å²) in [4.78, 5) is 22.6. The quantitative estimate of drug-likeness (QED) is 0.469. The van der Waals surface area contributed by atoms with E-state index in [0.29, 0.717) is 0 Å². The first kappa shape index (κ1) is 18.0. The predicted octanol–water partition coefficient (Wildman–Crippen LogP) is 3.46. The van der Waals surface area contributed by atoms with Gasteiger partial charge in [0, 0.05) is 0 Å². The molecule has 0 aliphatic carbocycles. The van der Waals surface area contributed by atoms with Gasteiger partial charge in [0.1, 0.15) is 12.4 Å². The third-order valence-corrected chi connectivity index (χ3v) is 4.01. The van der Waals surface area contributed by atoms with Crippen LogP contribution in [-0.4, -0.2) is 16.9 Å². The van der Waals surface area contributed by atoms with Crippen LogP contribution in [-0.2, 0) is 18.0 Å². The van der Waals surface area contributed by atoms with Gasteiger partial charge in [0.2, 0.25) is 5.75 Å². The lowest BCUT2D eigenvalue weighted by Crippen LogP contribution is -2.24. The summed E-state index contributed by atoms with van der Waals surface area (Å²) in [7, 11) is 1.60. The number of nitrogens with zero attached hydrogens (tertiary/aromatic N) is 2. The van der Waals surface area contributed by atoms with Gasteiger partial charge in [0.15, 0.2) is 5.02 Å². The van der Waals surface area contributed by atoms with E-state index in [1.54, 1.807) is 7.11 Å². The molecule has 6 nitrogen and oxygen atoms in total. The molecular weight excluding hydrogens is 356 g/mol. The van der Waals surface area contributed by atoms with E-state index in [1.165, 1.54) is 10.9 Å². The molecule has 0 saturated carbocycles. The lowest BCUT2D eigenvalue weighted by Gasteiger charge is -2.09. The molecule has 0 atom stereocenters. The number of methoxy groups -OCH3 is 1. The third-order valence-electron chi connectivity index (χ3n) is 3.66. The Balaban J connectivity index is 1.66. The Morgan fingerprint density at radius 2 is 1.77 bits per heavy atom. The number of ether oxygens (including phenoxy) is 1. The van der Waals surface area contributed by atoms with Crippen molar-refractivity contribution >= 4 is 11.6 Å². The number of benzene rings is 2. The summed E-state index contributed by atoms with van der Waals surface area (Å²) < 4.78 is 6.37. The van der Waals surface area contributed by atoms with E-state index < -0.39 is 5.56 Å². The molecule has 0 N–H and O–H groups in total. The summed E-state index contributed by atoms with van der Waals surface area (Å²) in [5.74, 6) is 0.824. The molecule has 0 amide bonds. The Bertz CT molecular complexity index is 911. The van der Waals surface area contributed by atoms with E-state index in [2.05, 4.69) is 5.10 Å². The van der Waals surface area contributed by atoms with Crippen molar-refractivity contribution in [3.8, 4) is 11.5 Å². The first-order chi connectivity index (χ1) is 12.7. The molecule has 0 radical (unpaired) electrons. The predicted molar refractivity (Wildman–Crippen MR) is 97.5 cm³/mol. The van der Waals surface area contributed by atoms with Crippen molar-refractivity contribution in [1.29, 1.82) is 0 Å². The van der Waals surface area contributed by atoms with E-state index in [4.69, 9.17) is 26.1 Å². The van der Waals surface area contributed by atoms with Gasteiger partial charge in [-0.2, -0.15) is 9.99 Å². The molecule has 1 heterocycles. The first-order valence-electron chi connectivity index (χ1n) is 7.89. The largest absolute Gasteiger partial charge is 0.497 e. The van der Waals surface area contributed by atoms with Crippen LogP contribution in [0, 0.1) is 0 Å². The Kier molecular flexibility index (Phi) is 5.88. The fraction of sp³-hybridized carbons (Fsp3) is 0.158. The lowest BCUT2D eigenvalue weighted by molar-refractivity contribution is -0.217. The van der Waals surface area contributed by atoms with Gasteiger partial charge in [0.05, 0.1) is 19.9 Å². The SMILES string of the molecule is COc1ccc(Cn2ncc(OOCc3ccccc3)c(Cl)c2=O)cc1. The molecule has 2 aromatic carbocycles. The van der Waals surface area contributed by atoms with Gasteiger partial charge in [-0.3, -0.25) is 4.79 Å². The first-order valence-corrected chi connectivity index (χ1v) is 8.27. The van der Waals surface area contributed by atoms with Crippen molar-refractivity contribution in [3.05, 3.63) is 87.3 Å². The van der Waals surface area contributed by atoms with Gasteiger partial charge < -0.3 is 9.62 Å². The molecular formula is C19H17ClN2O4. The number of hydrogen-bond acceptors (Lipinski definition) is 5. The zero-order chi connectivity index (χ0) is 18.4. The van der Waals surface area contributed by atoms with Crippen molar-refractivity contribution in [2.45, 2.75) is 13.2 Å². The normalized spacial score (nSPS) is 10.5. The highest BCUT2D eigenvalue weighted by molar-refractivity contribution is 6.31. The Morgan fingerprint density at radius 3 is 2.46 bits per heavy atom. The van der Waals surface area contributed by atoms with Gasteiger partial charge >= 0.3 is 0 Å². The van der Waals surface area contributed by atoms with Crippen LogP contribution < -0.4 is 15.2 Å². The fourth-order valence-corrected chi connectivity index (χ4v) is 2.44. The van der Waals surface area contributed by atoms with Crippen molar-refractivity contribution < 1.29 is 14.5 Å². The maximum absolute atomic E-state index is 12.4. The minimum atomic E-state index is -0.455. The average Bonchev–Trinajstić information content (AvgIpc) is 2.68. The van der Waals surface area contributed by atoms with Gasteiger partial charge in [-0.25, -0.2) is 4.68 Å². The second-order valence-electron chi connectivity index (χ2n) is 5.46. The highest BCUT2D eigenvalue weighted by Gasteiger charge is 2.12. The summed E-state index contributed by atoms with van der Waals surface area (Å²) >= 11 is 6.10. The van der Waals surface area contributed by atoms with Gasteiger partial charge in [-0.05, 0) is 23.3 Å². The second-order valence-corrected chi connectivity index (χ2v) is 5.84. The number of halogens is 1. The van der Waals surface area contributed by atoms with Crippen LogP contribution in [0.2, 0.25) is 5.02 Å². The third kappa shape index (κ3) is 4.41. The fourth-order valence-electron chi connectivity index (χ4n) is 2.26.